The summed E-state index contributed by atoms with van der Waals surface area (Å²) < 4.78 is 1.54. The Bertz CT molecular complexity index is 1030. The molecule has 1 amide bonds. The van der Waals surface area contributed by atoms with Gasteiger partial charge in [0, 0.05) is 12.6 Å². The minimum absolute atomic E-state index is 0.130. The second kappa shape index (κ2) is 7.97. The number of benzene rings is 1. The van der Waals surface area contributed by atoms with Crippen molar-refractivity contribution in [1.29, 1.82) is 5.26 Å². The van der Waals surface area contributed by atoms with Crippen molar-refractivity contribution in [3.05, 3.63) is 69.8 Å². The molecule has 2 aromatic heterocycles. The Morgan fingerprint density at radius 3 is 2.70 bits per heavy atom. The minimum atomic E-state index is -0.388. The van der Waals surface area contributed by atoms with Crippen LogP contribution in [0.25, 0.3) is 5.69 Å². The predicted molar refractivity (Wildman–Crippen MR) is 98.2 cm³/mol. The zero-order valence-corrected chi connectivity index (χ0v) is 14.3. The quantitative estimate of drug-likeness (QED) is 0.552. The Hall–Kier alpha value is -3.93. The minimum Gasteiger partial charge on any atom is -0.382 e. The van der Waals surface area contributed by atoms with E-state index in [0.717, 1.165) is 5.69 Å². The maximum atomic E-state index is 11.9. The molecule has 2 heterocycles. The van der Waals surface area contributed by atoms with Crippen molar-refractivity contribution >= 4 is 11.7 Å². The molecule has 0 saturated carbocycles. The van der Waals surface area contributed by atoms with E-state index in [1.165, 1.54) is 16.8 Å². The Morgan fingerprint density at radius 2 is 2.04 bits per heavy atom. The third-order valence-electron chi connectivity index (χ3n) is 3.89. The molecule has 0 aliphatic rings. The van der Waals surface area contributed by atoms with Crippen LogP contribution in [0.4, 0.5) is 5.82 Å². The summed E-state index contributed by atoms with van der Waals surface area (Å²) in [7, 11) is 0. The molecular formula is C18H17N7O2. The van der Waals surface area contributed by atoms with Crippen LogP contribution in [-0.4, -0.2) is 32.4 Å². The van der Waals surface area contributed by atoms with Crippen molar-refractivity contribution in [2.24, 2.45) is 0 Å². The molecule has 27 heavy (non-hydrogen) atoms. The number of H-pyrrole nitrogens is 1. The highest BCUT2D eigenvalue weighted by Gasteiger charge is 2.16. The summed E-state index contributed by atoms with van der Waals surface area (Å²) in [6.07, 6.45) is 1.04. The first-order valence-corrected chi connectivity index (χ1v) is 8.27. The number of nitrogens with one attached hydrogen (secondary N) is 2. The SMILES string of the molecule is N#Cc1c(CCCNC(=O)c2ccc(=O)[nH]n2)nn(-c2ccccc2)c1N. The lowest BCUT2D eigenvalue weighted by molar-refractivity contribution is 0.0947. The van der Waals surface area contributed by atoms with Gasteiger partial charge >= 0.3 is 0 Å². The molecule has 0 bridgehead atoms. The van der Waals surface area contributed by atoms with Crippen molar-refractivity contribution in [2.45, 2.75) is 12.8 Å². The maximum Gasteiger partial charge on any atom is 0.271 e. The van der Waals surface area contributed by atoms with Crippen molar-refractivity contribution < 1.29 is 4.79 Å². The molecular weight excluding hydrogens is 346 g/mol. The fourth-order valence-electron chi connectivity index (χ4n) is 2.56. The van der Waals surface area contributed by atoms with E-state index in [4.69, 9.17) is 5.73 Å². The lowest BCUT2D eigenvalue weighted by Gasteiger charge is -2.03. The number of amides is 1. The normalized spacial score (nSPS) is 10.3. The molecule has 0 unspecified atom stereocenters. The number of nitrogens with zero attached hydrogens (tertiary/aromatic N) is 4. The van der Waals surface area contributed by atoms with Crippen molar-refractivity contribution in [3.63, 3.8) is 0 Å². The molecule has 4 N–H and O–H groups in total. The van der Waals surface area contributed by atoms with Crippen LogP contribution in [0, 0.1) is 11.3 Å². The Balaban J connectivity index is 1.63. The van der Waals surface area contributed by atoms with Crippen LogP contribution in [0.5, 0.6) is 0 Å². The van der Waals surface area contributed by atoms with Crippen LogP contribution in [0.1, 0.15) is 28.2 Å². The number of nitrogens with two attached hydrogens (primary N) is 1. The molecule has 3 rings (SSSR count). The van der Waals surface area contributed by atoms with Crippen LogP contribution in [0.2, 0.25) is 0 Å². The third-order valence-corrected chi connectivity index (χ3v) is 3.89. The van der Waals surface area contributed by atoms with E-state index in [-0.39, 0.29) is 17.2 Å². The van der Waals surface area contributed by atoms with E-state index in [9.17, 15) is 14.9 Å². The Morgan fingerprint density at radius 1 is 1.26 bits per heavy atom. The number of rotatable bonds is 6. The molecule has 136 valence electrons. The summed E-state index contributed by atoms with van der Waals surface area (Å²) in [5.74, 6) is -0.0961. The number of para-hydroxylation sites is 1. The molecule has 0 aliphatic heterocycles. The number of nitriles is 1. The number of hydrogen-bond acceptors (Lipinski definition) is 6. The molecule has 3 aromatic rings. The molecule has 9 heteroatoms. The highest BCUT2D eigenvalue weighted by atomic mass is 16.2. The Kier molecular flexibility index (Phi) is 5.28. The summed E-state index contributed by atoms with van der Waals surface area (Å²) in [6.45, 7) is 0.364. The van der Waals surface area contributed by atoms with Gasteiger partial charge in [-0.2, -0.15) is 15.5 Å². The number of anilines is 1. The topological polar surface area (TPSA) is 142 Å². The zero-order chi connectivity index (χ0) is 19.2. The molecule has 0 fully saturated rings. The van der Waals surface area contributed by atoms with E-state index in [1.807, 2.05) is 30.3 Å². The van der Waals surface area contributed by atoms with Gasteiger partial charge in [-0.1, -0.05) is 18.2 Å². The summed E-state index contributed by atoms with van der Waals surface area (Å²) >= 11 is 0. The van der Waals surface area contributed by atoms with Crippen LogP contribution in [0.15, 0.2) is 47.3 Å². The van der Waals surface area contributed by atoms with Crippen molar-refractivity contribution in [1.82, 2.24) is 25.3 Å². The second-order valence-electron chi connectivity index (χ2n) is 5.73. The average molecular weight is 363 g/mol. The average Bonchev–Trinajstić information content (AvgIpc) is 3.01. The molecule has 0 aliphatic carbocycles. The standard InChI is InChI=1S/C18H17N7O2/c19-11-13-14(24-25(17(13)20)12-5-2-1-3-6-12)7-4-10-21-18(27)15-8-9-16(26)23-22-15/h1-3,5-6,8-9H,4,7,10,20H2,(H,21,27)(H,23,26). The number of aryl methyl sites for hydroxylation is 1. The number of carbonyl (C=O) groups excluding carboxylic acids is 1. The highest BCUT2D eigenvalue weighted by Crippen LogP contribution is 2.21. The fraction of sp³-hybridized carbons (Fsp3) is 0.167. The van der Waals surface area contributed by atoms with Gasteiger partial charge in [-0.3, -0.25) is 9.59 Å². The van der Waals surface area contributed by atoms with E-state index in [1.54, 1.807) is 0 Å². The van der Waals surface area contributed by atoms with Crippen LogP contribution >= 0.6 is 0 Å². The third kappa shape index (κ3) is 4.01. The summed E-state index contributed by atoms with van der Waals surface area (Å²) in [6, 6.07) is 14.0. The number of nitrogen functional groups attached to an aromatic ring is 1. The second-order valence-corrected chi connectivity index (χ2v) is 5.73. The largest absolute Gasteiger partial charge is 0.382 e. The van der Waals surface area contributed by atoms with Gasteiger partial charge in [0.15, 0.2) is 0 Å². The van der Waals surface area contributed by atoms with E-state index >= 15 is 0 Å². The van der Waals surface area contributed by atoms with Crippen LogP contribution in [-0.2, 0) is 6.42 Å². The van der Waals surface area contributed by atoms with Crippen molar-refractivity contribution in [3.8, 4) is 11.8 Å². The number of aromatic nitrogens is 4. The lowest BCUT2D eigenvalue weighted by Crippen LogP contribution is -2.27. The van der Waals surface area contributed by atoms with Crippen LogP contribution in [0.3, 0.4) is 0 Å². The predicted octanol–water partition coefficient (Wildman–Crippen LogP) is 0.772. The summed E-state index contributed by atoms with van der Waals surface area (Å²) in [4.78, 5) is 22.9. The van der Waals surface area contributed by atoms with E-state index < -0.39 is 0 Å². The van der Waals surface area contributed by atoms with Crippen LogP contribution < -0.4 is 16.6 Å². The maximum absolute atomic E-state index is 11.9. The smallest absolute Gasteiger partial charge is 0.271 e. The van der Waals surface area contributed by atoms with E-state index in [2.05, 4.69) is 26.7 Å². The first-order chi connectivity index (χ1) is 13.1. The highest BCUT2D eigenvalue weighted by molar-refractivity contribution is 5.91. The van der Waals surface area contributed by atoms with Gasteiger partial charge in [-0.25, -0.2) is 9.78 Å². The van der Waals surface area contributed by atoms with Crippen molar-refractivity contribution in [2.75, 3.05) is 12.3 Å². The fourth-order valence-corrected chi connectivity index (χ4v) is 2.56. The summed E-state index contributed by atoms with van der Waals surface area (Å²) in [5, 5.41) is 22.4. The van der Waals surface area contributed by atoms with Gasteiger partial charge < -0.3 is 11.1 Å². The first kappa shape index (κ1) is 17.9. The van der Waals surface area contributed by atoms with Gasteiger partial charge in [-0.15, -0.1) is 0 Å². The van der Waals surface area contributed by atoms with Gasteiger partial charge in [-0.05, 0) is 31.0 Å². The summed E-state index contributed by atoms with van der Waals surface area (Å²) in [5.41, 5.74) is 7.51. The molecule has 0 saturated heterocycles. The van der Waals surface area contributed by atoms with Gasteiger partial charge in [0.1, 0.15) is 23.1 Å². The molecule has 0 spiro atoms. The van der Waals surface area contributed by atoms with Gasteiger partial charge in [0.2, 0.25) is 0 Å². The molecule has 9 nitrogen and oxygen atoms in total. The molecule has 0 radical (unpaired) electrons. The van der Waals surface area contributed by atoms with E-state index in [0.29, 0.717) is 36.5 Å². The lowest BCUT2D eigenvalue weighted by atomic mass is 10.1. The molecule has 0 atom stereocenters. The van der Waals surface area contributed by atoms with Gasteiger partial charge in [0.25, 0.3) is 11.5 Å². The number of hydrogen-bond donors (Lipinski definition) is 3. The Labute approximate surface area is 154 Å². The monoisotopic (exact) mass is 363 g/mol. The van der Waals surface area contributed by atoms with Gasteiger partial charge in [0.05, 0.1) is 11.4 Å². The number of aromatic amines is 1. The molecule has 1 aromatic carbocycles. The first-order valence-electron chi connectivity index (χ1n) is 8.27. The zero-order valence-electron chi connectivity index (χ0n) is 14.3. The number of carbonyl (C=O) groups is 1.